The number of hydrogen-bond donors (Lipinski definition) is 1. The highest BCUT2D eigenvalue weighted by Crippen LogP contribution is 2.33. The maximum atomic E-state index is 10.9. The summed E-state index contributed by atoms with van der Waals surface area (Å²) in [7, 11) is 1.59. The smallest absolute Gasteiger partial charge is 0.309 e. The van der Waals surface area contributed by atoms with Crippen molar-refractivity contribution in [1.82, 2.24) is 15.0 Å². The maximum absolute atomic E-state index is 10.9. The summed E-state index contributed by atoms with van der Waals surface area (Å²) in [4.78, 5) is 17.5. The van der Waals surface area contributed by atoms with Gasteiger partial charge in [-0.15, -0.1) is 0 Å². The number of carboxylic acid groups (broad SMARTS) is 1. The average molecular weight is 423 g/mol. The molecule has 3 aromatic rings. The van der Waals surface area contributed by atoms with Crippen molar-refractivity contribution < 1.29 is 23.9 Å². The maximum Gasteiger partial charge on any atom is 0.309 e. The summed E-state index contributed by atoms with van der Waals surface area (Å²) < 4.78 is 16.6. The molecule has 0 amide bonds. The predicted molar refractivity (Wildman–Crippen MR) is 114 cm³/mol. The summed E-state index contributed by atoms with van der Waals surface area (Å²) in [6.45, 7) is 5.83. The third-order valence-corrected chi connectivity index (χ3v) is 5.12. The van der Waals surface area contributed by atoms with E-state index < -0.39 is 5.97 Å². The van der Waals surface area contributed by atoms with Crippen LogP contribution in [-0.2, 0) is 11.3 Å². The fourth-order valence-electron chi connectivity index (χ4n) is 3.48. The van der Waals surface area contributed by atoms with E-state index in [4.69, 9.17) is 19.1 Å². The number of hydrogen-bond acceptors (Lipinski definition) is 7. The highest BCUT2D eigenvalue weighted by molar-refractivity contribution is 5.71. The highest BCUT2D eigenvalue weighted by atomic mass is 16.5. The second kappa shape index (κ2) is 8.77. The zero-order valence-electron chi connectivity index (χ0n) is 17.7. The molecule has 0 saturated carbocycles. The van der Waals surface area contributed by atoms with Crippen LogP contribution in [-0.4, -0.2) is 52.4 Å². The lowest BCUT2D eigenvalue weighted by atomic mass is 9.99. The molecule has 0 unspecified atom stereocenters. The van der Waals surface area contributed by atoms with E-state index in [-0.39, 0.29) is 12.0 Å². The molecule has 0 bridgehead atoms. The molecular formula is C23H25N3O5. The van der Waals surface area contributed by atoms with E-state index in [9.17, 15) is 4.79 Å². The third kappa shape index (κ3) is 4.69. The number of benzene rings is 2. The van der Waals surface area contributed by atoms with Crippen LogP contribution in [0.2, 0.25) is 0 Å². The van der Waals surface area contributed by atoms with Crippen LogP contribution in [0.3, 0.4) is 0 Å². The second-order valence-corrected chi connectivity index (χ2v) is 7.88. The van der Waals surface area contributed by atoms with Crippen molar-refractivity contribution in [2.75, 3.05) is 20.2 Å². The summed E-state index contributed by atoms with van der Waals surface area (Å²) in [5.41, 5.74) is 2.70. The molecule has 2 heterocycles. The van der Waals surface area contributed by atoms with Crippen molar-refractivity contribution in [3.8, 4) is 34.3 Å². The van der Waals surface area contributed by atoms with Gasteiger partial charge in [-0.25, -0.2) is 0 Å². The molecular weight excluding hydrogens is 398 g/mol. The molecule has 1 aromatic heterocycles. The van der Waals surface area contributed by atoms with Gasteiger partial charge < -0.3 is 19.1 Å². The number of nitrogens with zero attached hydrogens (tertiary/aromatic N) is 3. The summed E-state index contributed by atoms with van der Waals surface area (Å²) in [5.74, 6) is 1.20. The Balaban J connectivity index is 1.44. The van der Waals surface area contributed by atoms with E-state index in [1.54, 1.807) is 7.11 Å². The van der Waals surface area contributed by atoms with Crippen molar-refractivity contribution in [3.05, 3.63) is 48.0 Å². The molecule has 1 aliphatic heterocycles. The SMILES string of the molecule is COc1cc(-c2noc(-c3ccc(CN4CC(C(=O)O)C4)cc3)n2)ccc1OC(C)C. The molecule has 1 N–H and O–H groups in total. The van der Waals surface area contributed by atoms with Crippen molar-refractivity contribution in [3.63, 3.8) is 0 Å². The van der Waals surface area contributed by atoms with Gasteiger partial charge in [0.1, 0.15) is 0 Å². The lowest BCUT2D eigenvalue weighted by Crippen LogP contribution is -2.49. The monoisotopic (exact) mass is 423 g/mol. The van der Waals surface area contributed by atoms with Gasteiger partial charge >= 0.3 is 5.97 Å². The first-order valence-corrected chi connectivity index (χ1v) is 10.2. The normalized spacial score (nSPS) is 14.5. The summed E-state index contributed by atoms with van der Waals surface area (Å²) in [5, 5.41) is 13.1. The minimum Gasteiger partial charge on any atom is -0.493 e. The van der Waals surface area contributed by atoms with Crippen LogP contribution in [0.5, 0.6) is 11.5 Å². The van der Waals surface area contributed by atoms with Crippen molar-refractivity contribution in [1.29, 1.82) is 0 Å². The third-order valence-electron chi connectivity index (χ3n) is 5.12. The van der Waals surface area contributed by atoms with E-state index in [1.807, 2.05) is 56.3 Å². The summed E-state index contributed by atoms with van der Waals surface area (Å²) in [6.07, 6.45) is 0.0409. The molecule has 31 heavy (non-hydrogen) atoms. The summed E-state index contributed by atoms with van der Waals surface area (Å²) in [6, 6.07) is 13.4. The lowest BCUT2D eigenvalue weighted by Gasteiger charge is -2.36. The fraction of sp³-hybridized carbons (Fsp3) is 0.348. The fourth-order valence-corrected chi connectivity index (χ4v) is 3.48. The van der Waals surface area contributed by atoms with Gasteiger partial charge in [0.05, 0.1) is 19.1 Å². The Morgan fingerprint density at radius 3 is 2.52 bits per heavy atom. The number of rotatable bonds is 8. The van der Waals surface area contributed by atoms with Crippen LogP contribution in [0.25, 0.3) is 22.8 Å². The van der Waals surface area contributed by atoms with Crippen molar-refractivity contribution in [2.45, 2.75) is 26.5 Å². The minimum absolute atomic E-state index is 0.0409. The van der Waals surface area contributed by atoms with Gasteiger partial charge in [-0.3, -0.25) is 9.69 Å². The Hall–Kier alpha value is -3.39. The van der Waals surface area contributed by atoms with E-state index in [2.05, 4.69) is 15.0 Å². The number of carboxylic acids is 1. The van der Waals surface area contributed by atoms with Crippen LogP contribution in [0.4, 0.5) is 0 Å². The largest absolute Gasteiger partial charge is 0.493 e. The first-order chi connectivity index (χ1) is 14.9. The molecule has 162 valence electrons. The number of methoxy groups -OCH3 is 1. The van der Waals surface area contributed by atoms with E-state index in [1.165, 1.54) is 0 Å². The molecule has 1 saturated heterocycles. The van der Waals surface area contributed by atoms with E-state index in [0.29, 0.717) is 36.3 Å². The molecule has 1 fully saturated rings. The molecule has 0 atom stereocenters. The number of likely N-dealkylation sites (tertiary alicyclic amines) is 1. The van der Waals surface area contributed by atoms with Crippen LogP contribution in [0.15, 0.2) is 47.0 Å². The molecule has 1 aliphatic rings. The Kier molecular flexibility index (Phi) is 5.90. The van der Waals surface area contributed by atoms with Crippen LogP contribution < -0.4 is 9.47 Å². The van der Waals surface area contributed by atoms with Gasteiger partial charge in [-0.2, -0.15) is 4.98 Å². The topological polar surface area (TPSA) is 97.9 Å². The molecule has 0 radical (unpaired) electrons. The van der Waals surface area contributed by atoms with Gasteiger partial charge in [0.2, 0.25) is 5.82 Å². The molecule has 2 aromatic carbocycles. The Bertz CT molecular complexity index is 1060. The highest BCUT2D eigenvalue weighted by Gasteiger charge is 2.32. The number of ether oxygens (including phenoxy) is 2. The molecule has 8 nitrogen and oxygen atoms in total. The molecule has 4 rings (SSSR count). The second-order valence-electron chi connectivity index (χ2n) is 7.88. The van der Waals surface area contributed by atoms with Gasteiger partial charge in [0.25, 0.3) is 5.89 Å². The predicted octanol–water partition coefficient (Wildman–Crippen LogP) is 3.72. The standard InChI is InChI=1S/C23H25N3O5/c1-14(2)30-19-9-8-17(10-20(19)29-3)21-24-22(31-25-21)16-6-4-15(5-7-16)11-26-12-18(13-26)23(27)28/h4-10,14,18H,11-13H2,1-3H3,(H,27,28). The molecule has 8 heteroatoms. The first kappa shape index (κ1) is 20.9. The molecule has 0 spiro atoms. The van der Waals surface area contributed by atoms with Gasteiger partial charge in [-0.05, 0) is 49.7 Å². The minimum atomic E-state index is -0.724. The first-order valence-electron chi connectivity index (χ1n) is 10.2. The average Bonchev–Trinajstić information content (AvgIpc) is 3.20. The van der Waals surface area contributed by atoms with Gasteiger partial charge in [-0.1, -0.05) is 17.3 Å². The lowest BCUT2D eigenvalue weighted by molar-refractivity contribution is -0.147. The van der Waals surface area contributed by atoms with Crippen molar-refractivity contribution >= 4 is 5.97 Å². The summed E-state index contributed by atoms with van der Waals surface area (Å²) >= 11 is 0. The van der Waals surface area contributed by atoms with Crippen LogP contribution >= 0.6 is 0 Å². The quantitative estimate of drug-likeness (QED) is 0.585. The van der Waals surface area contributed by atoms with E-state index >= 15 is 0 Å². The zero-order chi connectivity index (χ0) is 22.0. The van der Waals surface area contributed by atoms with Crippen LogP contribution in [0.1, 0.15) is 19.4 Å². The van der Waals surface area contributed by atoms with Crippen molar-refractivity contribution in [2.24, 2.45) is 5.92 Å². The van der Waals surface area contributed by atoms with E-state index in [0.717, 1.165) is 23.2 Å². The van der Waals surface area contributed by atoms with Crippen LogP contribution in [0, 0.1) is 5.92 Å². The Morgan fingerprint density at radius 2 is 1.87 bits per heavy atom. The number of carbonyl (C=O) groups is 1. The zero-order valence-corrected chi connectivity index (χ0v) is 17.7. The van der Waals surface area contributed by atoms with Gasteiger partial charge in [0, 0.05) is 30.8 Å². The Labute approximate surface area is 180 Å². The van der Waals surface area contributed by atoms with Gasteiger partial charge in [0.15, 0.2) is 11.5 Å². The number of aliphatic carboxylic acids is 1. The molecule has 0 aliphatic carbocycles. The Morgan fingerprint density at radius 1 is 1.16 bits per heavy atom. The number of aromatic nitrogens is 2.